The topological polar surface area (TPSA) is 32.3 Å². The summed E-state index contributed by atoms with van der Waals surface area (Å²) < 4.78 is 0. The molecule has 2 N–H and O–H groups in total. The summed E-state index contributed by atoms with van der Waals surface area (Å²) >= 11 is 0. The van der Waals surface area contributed by atoms with E-state index >= 15 is 0 Å². The van der Waals surface area contributed by atoms with E-state index in [0.717, 1.165) is 12.3 Å². The van der Waals surface area contributed by atoms with Crippen LogP contribution in [0.4, 0.5) is 0 Å². The number of rotatable bonds is 4. The average Bonchev–Trinajstić information content (AvgIpc) is 2.73. The Kier molecular flexibility index (Phi) is 4.66. The lowest BCUT2D eigenvalue weighted by Gasteiger charge is -2.33. The molecule has 3 atom stereocenters. The third-order valence-electron chi connectivity index (χ3n) is 4.57. The molecule has 0 amide bonds. The van der Waals surface area contributed by atoms with Gasteiger partial charge in [0, 0.05) is 12.1 Å². The Bertz CT molecular complexity index is 201. The van der Waals surface area contributed by atoms with Crippen LogP contribution >= 0.6 is 0 Å². The molecule has 94 valence electrons. The minimum Gasteiger partial charge on any atom is -0.392 e. The summed E-state index contributed by atoms with van der Waals surface area (Å²) in [6, 6.07) is 1.03. The van der Waals surface area contributed by atoms with Gasteiger partial charge in [0.05, 0.1) is 6.10 Å². The highest BCUT2D eigenvalue weighted by molar-refractivity contribution is 4.88. The predicted octanol–water partition coefficient (Wildman–Crippen LogP) is 2.85. The minimum absolute atomic E-state index is 0.0855. The van der Waals surface area contributed by atoms with E-state index in [4.69, 9.17) is 0 Å². The van der Waals surface area contributed by atoms with Crippen LogP contribution in [0.2, 0.25) is 0 Å². The van der Waals surface area contributed by atoms with E-state index in [1.165, 1.54) is 51.4 Å². The molecule has 2 aliphatic carbocycles. The monoisotopic (exact) mass is 225 g/mol. The van der Waals surface area contributed by atoms with Gasteiger partial charge in [0.2, 0.25) is 0 Å². The average molecular weight is 225 g/mol. The molecule has 2 rings (SSSR count). The lowest BCUT2D eigenvalue weighted by molar-refractivity contribution is 0.129. The lowest BCUT2D eigenvalue weighted by Crippen LogP contribution is -2.46. The summed E-state index contributed by atoms with van der Waals surface area (Å²) in [7, 11) is 0. The second-order valence-electron chi connectivity index (χ2n) is 5.68. The first kappa shape index (κ1) is 12.4. The number of hydrogen-bond acceptors (Lipinski definition) is 2. The van der Waals surface area contributed by atoms with Gasteiger partial charge in [-0.3, -0.25) is 0 Å². The van der Waals surface area contributed by atoms with Crippen molar-refractivity contribution in [3.8, 4) is 0 Å². The Balaban J connectivity index is 1.83. The minimum atomic E-state index is -0.0855. The second-order valence-corrected chi connectivity index (χ2v) is 5.68. The molecule has 2 nitrogen and oxygen atoms in total. The van der Waals surface area contributed by atoms with Crippen molar-refractivity contribution >= 4 is 0 Å². The largest absolute Gasteiger partial charge is 0.392 e. The third kappa shape index (κ3) is 2.98. The van der Waals surface area contributed by atoms with Crippen LogP contribution in [0.3, 0.4) is 0 Å². The summed E-state index contributed by atoms with van der Waals surface area (Å²) in [5, 5.41) is 13.6. The zero-order valence-corrected chi connectivity index (χ0v) is 10.6. The zero-order chi connectivity index (χ0) is 11.4. The van der Waals surface area contributed by atoms with Crippen molar-refractivity contribution in [2.45, 2.75) is 82.9 Å². The van der Waals surface area contributed by atoms with Crippen LogP contribution in [0.15, 0.2) is 0 Å². The molecule has 0 radical (unpaired) electrons. The Morgan fingerprint density at radius 2 is 1.81 bits per heavy atom. The van der Waals surface area contributed by atoms with E-state index in [2.05, 4.69) is 12.2 Å². The quantitative estimate of drug-likeness (QED) is 0.771. The van der Waals surface area contributed by atoms with Gasteiger partial charge in [0.1, 0.15) is 0 Å². The van der Waals surface area contributed by atoms with Gasteiger partial charge in [0.15, 0.2) is 0 Å². The van der Waals surface area contributed by atoms with Gasteiger partial charge < -0.3 is 10.4 Å². The van der Waals surface area contributed by atoms with Gasteiger partial charge in [-0.1, -0.05) is 26.2 Å². The Labute approximate surface area is 99.8 Å². The summed E-state index contributed by atoms with van der Waals surface area (Å²) in [5.41, 5.74) is 0. The lowest BCUT2D eigenvalue weighted by atomic mass is 9.82. The maximum atomic E-state index is 9.87. The molecule has 0 saturated heterocycles. The molecule has 0 bridgehead atoms. The van der Waals surface area contributed by atoms with Gasteiger partial charge >= 0.3 is 0 Å². The molecule has 0 heterocycles. The van der Waals surface area contributed by atoms with E-state index in [0.29, 0.717) is 12.1 Å². The number of hydrogen-bond donors (Lipinski definition) is 2. The maximum absolute atomic E-state index is 9.87. The molecule has 0 aromatic rings. The molecule has 2 fully saturated rings. The van der Waals surface area contributed by atoms with Crippen LogP contribution in [0.5, 0.6) is 0 Å². The number of aliphatic hydroxyl groups excluding tert-OH is 1. The fraction of sp³-hybridized carbons (Fsp3) is 1.00. The highest BCUT2D eigenvalue weighted by atomic mass is 16.3. The van der Waals surface area contributed by atoms with Crippen molar-refractivity contribution in [1.29, 1.82) is 0 Å². The standard InChI is InChI=1S/C14H27NO/c1-2-12(11-7-4-3-5-8-11)15-13-9-6-10-14(13)16/h11-16H,2-10H2,1H3. The van der Waals surface area contributed by atoms with E-state index < -0.39 is 0 Å². The fourth-order valence-corrected chi connectivity index (χ4v) is 3.53. The van der Waals surface area contributed by atoms with Crippen molar-refractivity contribution in [3.05, 3.63) is 0 Å². The van der Waals surface area contributed by atoms with Crippen LogP contribution in [0.1, 0.15) is 64.7 Å². The molecule has 0 aliphatic heterocycles. The SMILES string of the molecule is CCC(NC1CCCC1O)C1CCCCC1. The van der Waals surface area contributed by atoms with Gasteiger partial charge in [-0.15, -0.1) is 0 Å². The van der Waals surface area contributed by atoms with Crippen LogP contribution in [0.25, 0.3) is 0 Å². The highest BCUT2D eigenvalue weighted by Gasteiger charge is 2.30. The molecule has 3 unspecified atom stereocenters. The van der Waals surface area contributed by atoms with Crippen LogP contribution in [-0.4, -0.2) is 23.3 Å². The molecular formula is C14H27NO. The van der Waals surface area contributed by atoms with Crippen LogP contribution in [0, 0.1) is 5.92 Å². The molecule has 2 aliphatic rings. The number of aliphatic hydroxyl groups is 1. The van der Waals surface area contributed by atoms with Gasteiger partial charge in [-0.2, -0.15) is 0 Å². The first-order valence-electron chi connectivity index (χ1n) is 7.25. The first-order valence-corrected chi connectivity index (χ1v) is 7.25. The summed E-state index contributed by atoms with van der Waals surface area (Å²) in [4.78, 5) is 0. The molecule has 16 heavy (non-hydrogen) atoms. The van der Waals surface area contributed by atoms with E-state index in [1.54, 1.807) is 0 Å². The normalized spacial score (nSPS) is 34.1. The fourth-order valence-electron chi connectivity index (χ4n) is 3.53. The maximum Gasteiger partial charge on any atom is 0.0693 e. The van der Waals surface area contributed by atoms with Crippen LogP contribution < -0.4 is 5.32 Å². The van der Waals surface area contributed by atoms with Gasteiger partial charge in [-0.25, -0.2) is 0 Å². The Morgan fingerprint density at radius 1 is 1.06 bits per heavy atom. The van der Waals surface area contributed by atoms with Crippen molar-refractivity contribution in [2.24, 2.45) is 5.92 Å². The summed E-state index contributed by atoms with van der Waals surface area (Å²) in [6.07, 6.45) is 11.5. The molecule has 0 spiro atoms. The third-order valence-corrected chi connectivity index (χ3v) is 4.57. The molecule has 2 heteroatoms. The second kappa shape index (κ2) is 6.02. The summed E-state index contributed by atoms with van der Waals surface area (Å²) in [6.45, 7) is 2.29. The van der Waals surface area contributed by atoms with Crippen molar-refractivity contribution in [2.75, 3.05) is 0 Å². The summed E-state index contributed by atoms with van der Waals surface area (Å²) in [5.74, 6) is 0.867. The Hall–Kier alpha value is -0.0800. The van der Waals surface area contributed by atoms with Gasteiger partial charge in [-0.05, 0) is 44.4 Å². The molecule has 0 aromatic carbocycles. The smallest absolute Gasteiger partial charge is 0.0693 e. The van der Waals surface area contributed by atoms with Crippen LogP contribution in [-0.2, 0) is 0 Å². The predicted molar refractivity (Wildman–Crippen MR) is 67.4 cm³/mol. The van der Waals surface area contributed by atoms with Crippen molar-refractivity contribution < 1.29 is 5.11 Å². The molecule has 0 aromatic heterocycles. The number of nitrogens with one attached hydrogen (secondary N) is 1. The van der Waals surface area contributed by atoms with E-state index in [-0.39, 0.29) is 6.10 Å². The molecule has 2 saturated carbocycles. The Morgan fingerprint density at radius 3 is 2.38 bits per heavy atom. The first-order chi connectivity index (χ1) is 7.81. The molecular weight excluding hydrogens is 198 g/mol. The zero-order valence-electron chi connectivity index (χ0n) is 10.6. The highest BCUT2D eigenvalue weighted by Crippen LogP contribution is 2.29. The van der Waals surface area contributed by atoms with Crippen molar-refractivity contribution in [3.63, 3.8) is 0 Å². The van der Waals surface area contributed by atoms with Gasteiger partial charge in [0.25, 0.3) is 0 Å². The van der Waals surface area contributed by atoms with Crippen molar-refractivity contribution in [1.82, 2.24) is 5.32 Å². The van der Waals surface area contributed by atoms with E-state index in [9.17, 15) is 5.11 Å². The van der Waals surface area contributed by atoms with E-state index in [1.807, 2.05) is 0 Å².